The van der Waals surface area contributed by atoms with Crippen molar-refractivity contribution >= 4 is 0 Å². The molecule has 1 aliphatic rings. The Morgan fingerprint density at radius 1 is 1.30 bits per heavy atom. The number of hydrogen-bond acceptors (Lipinski definition) is 3. The second kappa shape index (κ2) is 7.60. The van der Waals surface area contributed by atoms with Crippen LogP contribution < -0.4 is 10.9 Å². The number of nitrogens with zero attached hydrogens (tertiary/aromatic N) is 1. The third-order valence-electron chi connectivity index (χ3n) is 3.71. The quantitative estimate of drug-likeness (QED) is 0.737. The Hall–Kier alpha value is -1.13. The number of pyridine rings is 1. The molecule has 4 heteroatoms. The van der Waals surface area contributed by atoms with Gasteiger partial charge < -0.3 is 14.6 Å². The van der Waals surface area contributed by atoms with Crippen LogP contribution in [0.3, 0.4) is 0 Å². The minimum atomic E-state index is 0.135. The summed E-state index contributed by atoms with van der Waals surface area (Å²) < 4.78 is 7.44. The van der Waals surface area contributed by atoms with Crippen LogP contribution in [0.1, 0.15) is 37.9 Å². The average Bonchev–Trinajstić information content (AvgIpc) is 2.88. The van der Waals surface area contributed by atoms with Crippen molar-refractivity contribution in [3.05, 3.63) is 33.7 Å². The first-order valence-corrected chi connectivity index (χ1v) is 7.72. The van der Waals surface area contributed by atoms with Gasteiger partial charge >= 0.3 is 0 Å². The van der Waals surface area contributed by atoms with E-state index >= 15 is 0 Å². The molecule has 0 atom stereocenters. The first-order chi connectivity index (χ1) is 9.68. The van der Waals surface area contributed by atoms with E-state index in [4.69, 9.17) is 4.74 Å². The molecule has 0 unspecified atom stereocenters. The van der Waals surface area contributed by atoms with Crippen LogP contribution >= 0.6 is 0 Å². The maximum absolute atomic E-state index is 11.9. The summed E-state index contributed by atoms with van der Waals surface area (Å²) in [7, 11) is 0. The lowest BCUT2D eigenvalue weighted by atomic mass is 10.2. The number of nitrogens with one attached hydrogen (secondary N) is 1. The van der Waals surface area contributed by atoms with Crippen LogP contribution in [-0.2, 0) is 24.1 Å². The van der Waals surface area contributed by atoms with Gasteiger partial charge in [0, 0.05) is 31.5 Å². The maximum Gasteiger partial charge on any atom is 0.250 e. The van der Waals surface area contributed by atoms with Crippen molar-refractivity contribution in [2.75, 3.05) is 19.7 Å². The third-order valence-corrected chi connectivity index (χ3v) is 3.71. The molecule has 1 aliphatic carbocycles. The molecule has 0 amide bonds. The minimum Gasteiger partial charge on any atom is -0.379 e. The van der Waals surface area contributed by atoms with Gasteiger partial charge in [-0.3, -0.25) is 4.79 Å². The van der Waals surface area contributed by atoms with E-state index in [2.05, 4.69) is 19.2 Å². The van der Waals surface area contributed by atoms with E-state index in [0.717, 1.165) is 45.5 Å². The van der Waals surface area contributed by atoms with Crippen LogP contribution in [-0.4, -0.2) is 30.4 Å². The van der Waals surface area contributed by atoms with E-state index < -0.39 is 0 Å². The molecule has 112 valence electrons. The van der Waals surface area contributed by atoms with Gasteiger partial charge in [-0.05, 0) is 51.6 Å². The molecular weight excluding hydrogens is 252 g/mol. The predicted octanol–water partition coefficient (Wildman–Crippen LogP) is 1.74. The van der Waals surface area contributed by atoms with Crippen LogP contribution in [0, 0.1) is 0 Å². The van der Waals surface area contributed by atoms with Crippen molar-refractivity contribution < 1.29 is 4.74 Å². The molecule has 0 aliphatic heterocycles. The zero-order valence-corrected chi connectivity index (χ0v) is 12.7. The highest BCUT2D eigenvalue weighted by Gasteiger charge is 2.15. The monoisotopic (exact) mass is 278 g/mol. The minimum absolute atomic E-state index is 0.135. The van der Waals surface area contributed by atoms with Crippen molar-refractivity contribution in [3.63, 3.8) is 0 Å². The van der Waals surface area contributed by atoms with Crippen molar-refractivity contribution in [3.8, 4) is 0 Å². The fourth-order valence-corrected chi connectivity index (χ4v) is 2.71. The lowest BCUT2D eigenvalue weighted by Gasteiger charge is -2.12. The summed E-state index contributed by atoms with van der Waals surface area (Å²) in [5.41, 5.74) is 2.74. The molecule has 0 fully saturated rings. The Morgan fingerprint density at radius 3 is 2.95 bits per heavy atom. The van der Waals surface area contributed by atoms with Gasteiger partial charge in [0.05, 0.1) is 6.10 Å². The molecule has 4 nitrogen and oxygen atoms in total. The lowest BCUT2D eigenvalue weighted by Crippen LogP contribution is -2.29. The van der Waals surface area contributed by atoms with Gasteiger partial charge in [0.2, 0.25) is 0 Å². The van der Waals surface area contributed by atoms with Crippen LogP contribution in [0.2, 0.25) is 0 Å². The van der Waals surface area contributed by atoms with E-state index in [0.29, 0.717) is 6.10 Å². The topological polar surface area (TPSA) is 43.3 Å². The van der Waals surface area contributed by atoms with Crippen molar-refractivity contribution in [1.29, 1.82) is 0 Å². The number of aromatic nitrogens is 1. The van der Waals surface area contributed by atoms with Crippen LogP contribution in [0.5, 0.6) is 0 Å². The zero-order chi connectivity index (χ0) is 14.4. The van der Waals surface area contributed by atoms with Gasteiger partial charge in [-0.25, -0.2) is 0 Å². The molecule has 0 spiro atoms. The average molecular weight is 278 g/mol. The van der Waals surface area contributed by atoms with E-state index in [9.17, 15) is 4.79 Å². The second-order valence-corrected chi connectivity index (χ2v) is 5.67. The molecule has 0 saturated carbocycles. The summed E-state index contributed by atoms with van der Waals surface area (Å²) in [4.78, 5) is 11.9. The standard InChI is InChI=1S/C16H26N2O2/c1-13(2)20-12-4-9-17-10-11-18-15-6-3-5-14(15)7-8-16(18)19/h7-8,13,17H,3-6,9-12H2,1-2H3. The summed E-state index contributed by atoms with van der Waals surface area (Å²) in [6, 6.07) is 3.71. The molecule has 1 heterocycles. The summed E-state index contributed by atoms with van der Waals surface area (Å²) in [5.74, 6) is 0. The highest BCUT2D eigenvalue weighted by Crippen LogP contribution is 2.19. The molecule has 1 aromatic rings. The number of fused-ring (bicyclic) bond motifs is 1. The van der Waals surface area contributed by atoms with Gasteiger partial charge in [-0.15, -0.1) is 0 Å². The molecule has 20 heavy (non-hydrogen) atoms. The molecular formula is C16H26N2O2. The SMILES string of the molecule is CC(C)OCCCNCCn1c2c(ccc1=O)CCC2. The Labute approximate surface area is 121 Å². The number of hydrogen-bond donors (Lipinski definition) is 1. The van der Waals surface area contributed by atoms with E-state index in [1.807, 2.05) is 10.6 Å². The summed E-state index contributed by atoms with van der Waals surface area (Å²) >= 11 is 0. The van der Waals surface area contributed by atoms with Crippen molar-refractivity contribution in [2.45, 2.75) is 52.2 Å². The lowest BCUT2D eigenvalue weighted by molar-refractivity contribution is 0.0771. The number of ether oxygens (including phenoxy) is 1. The third kappa shape index (κ3) is 4.18. The van der Waals surface area contributed by atoms with Gasteiger partial charge in [0.1, 0.15) is 0 Å². The number of rotatable bonds is 8. The molecule has 0 bridgehead atoms. The van der Waals surface area contributed by atoms with Crippen LogP contribution in [0.4, 0.5) is 0 Å². The van der Waals surface area contributed by atoms with Gasteiger partial charge in [-0.2, -0.15) is 0 Å². The molecule has 2 rings (SSSR count). The summed E-state index contributed by atoms with van der Waals surface area (Å²) in [6.45, 7) is 7.46. The molecule has 1 aromatic heterocycles. The molecule has 0 radical (unpaired) electrons. The first kappa shape index (κ1) is 15.3. The fraction of sp³-hybridized carbons (Fsp3) is 0.688. The number of aryl methyl sites for hydroxylation is 1. The maximum atomic E-state index is 11.9. The Balaban J connectivity index is 1.72. The largest absolute Gasteiger partial charge is 0.379 e. The van der Waals surface area contributed by atoms with Crippen LogP contribution in [0.15, 0.2) is 16.9 Å². The Kier molecular flexibility index (Phi) is 5.80. The molecule has 1 N–H and O–H groups in total. The van der Waals surface area contributed by atoms with E-state index in [1.165, 1.54) is 17.7 Å². The highest BCUT2D eigenvalue weighted by atomic mass is 16.5. The van der Waals surface area contributed by atoms with Gasteiger partial charge in [0.25, 0.3) is 5.56 Å². The highest BCUT2D eigenvalue weighted by molar-refractivity contribution is 5.25. The normalized spacial score (nSPS) is 13.9. The van der Waals surface area contributed by atoms with Crippen molar-refractivity contribution in [1.82, 2.24) is 9.88 Å². The Morgan fingerprint density at radius 2 is 2.15 bits per heavy atom. The predicted molar refractivity (Wildman–Crippen MR) is 81.3 cm³/mol. The Bertz CT molecular complexity index is 480. The summed E-state index contributed by atoms with van der Waals surface area (Å²) in [5, 5.41) is 3.39. The molecule has 0 aromatic carbocycles. The van der Waals surface area contributed by atoms with E-state index in [1.54, 1.807) is 6.07 Å². The van der Waals surface area contributed by atoms with Gasteiger partial charge in [-0.1, -0.05) is 6.07 Å². The fourth-order valence-electron chi connectivity index (χ4n) is 2.71. The molecule has 0 saturated heterocycles. The summed E-state index contributed by atoms with van der Waals surface area (Å²) in [6.07, 6.45) is 4.67. The second-order valence-electron chi connectivity index (χ2n) is 5.67. The van der Waals surface area contributed by atoms with Crippen LogP contribution in [0.25, 0.3) is 0 Å². The first-order valence-electron chi connectivity index (χ1n) is 7.72. The van der Waals surface area contributed by atoms with Gasteiger partial charge in [0.15, 0.2) is 0 Å². The zero-order valence-electron chi connectivity index (χ0n) is 12.7. The smallest absolute Gasteiger partial charge is 0.250 e. The van der Waals surface area contributed by atoms with E-state index in [-0.39, 0.29) is 5.56 Å². The van der Waals surface area contributed by atoms with Crippen molar-refractivity contribution in [2.24, 2.45) is 0 Å².